The fourth-order valence-corrected chi connectivity index (χ4v) is 2.39. The van der Waals surface area contributed by atoms with Gasteiger partial charge in [-0.3, -0.25) is 0 Å². The maximum atomic E-state index is 9.21. The average molecular weight is 233 g/mol. The number of nitriles is 1. The number of nitrogens with two attached hydrogens (primary N) is 2. The van der Waals surface area contributed by atoms with Crippen LogP contribution in [0.3, 0.4) is 0 Å². The molecule has 0 heterocycles. The molecule has 0 unspecified atom stereocenters. The molecule has 3 heteroatoms. The number of hydrogen-bond donors (Lipinski definition) is 2. The van der Waals surface area contributed by atoms with Gasteiger partial charge in [-0.1, -0.05) is 24.3 Å². The van der Waals surface area contributed by atoms with Crippen LogP contribution >= 0.6 is 0 Å². The smallest absolute Gasteiger partial charge is 0.0998 e. The quantitative estimate of drug-likeness (QED) is 0.626. The van der Waals surface area contributed by atoms with E-state index in [9.17, 15) is 5.26 Å². The lowest BCUT2D eigenvalue weighted by atomic mass is 9.79. The van der Waals surface area contributed by atoms with Crippen LogP contribution in [0.15, 0.2) is 42.5 Å². The minimum atomic E-state index is 0.625. The van der Waals surface area contributed by atoms with E-state index in [-0.39, 0.29) is 0 Å². The molecule has 0 radical (unpaired) electrons. The summed E-state index contributed by atoms with van der Waals surface area (Å²) >= 11 is 0. The first kappa shape index (κ1) is 10.4. The van der Waals surface area contributed by atoms with Crippen molar-refractivity contribution in [3.05, 3.63) is 48.0 Å². The molecule has 0 saturated carbocycles. The third kappa shape index (κ3) is 1.23. The summed E-state index contributed by atoms with van der Waals surface area (Å²) in [7, 11) is 0. The second kappa shape index (κ2) is 3.64. The first-order valence-corrected chi connectivity index (χ1v) is 5.62. The van der Waals surface area contributed by atoms with Crippen molar-refractivity contribution in [3.8, 4) is 28.3 Å². The van der Waals surface area contributed by atoms with Gasteiger partial charge in [0.2, 0.25) is 0 Å². The molecular formula is C15H11N3. The van der Waals surface area contributed by atoms with Crippen LogP contribution in [0.1, 0.15) is 5.56 Å². The van der Waals surface area contributed by atoms with E-state index < -0.39 is 0 Å². The predicted octanol–water partition coefficient (Wildman–Crippen LogP) is 2.93. The zero-order chi connectivity index (χ0) is 12.7. The number of hydrogen-bond acceptors (Lipinski definition) is 3. The van der Waals surface area contributed by atoms with Gasteiger partial charge in [0.05, 0.1) is 11.6 Å². The molecule has 3 nitrogen and oxygen atoms in total. The largest absolute Gasteiger partial charge is 0.398 e. The van der Waals surface area contributed by atoms with Gasteiger partial charge in [0.1, 0.15) is 0 Å². The summed E-state index contributed by atoms with van der Waals surface area (Å²) in [5.41, 5.74) is 17.8. The van der Waals surface area contributed by atoms with Gasteiger partial charge in [-0.05, 0) is 23.8 Å². The molecule has 0 bridgehead atoms. The van der Waals surface area contributed by atoms with Crippen molar-refractivity contribution < 1.29 is 0 Å². The highest BCUT2D eigenvalue weighted by Crippen LogP contribution is 2.52. The van der Waals surface area contributed by atoms with Crippen molar-refractivity contribution >= 4 is 11.4 Å². The Labute approximate surface area is 105 Å². The average Bonchev–Trinajstić information content (AvgIpc) is 2.56. The van der Waals surface area contributed by atoms with Crippen LogP contribution < -0.4 is 11.5 Å². The molecule has 0 aliphatic heterocycles. The SMILES string of the molecule is N#Cc1ccccc2c3c(N)cccc(N)c-3c1-2. The monoisotopic (exact) mass is 233 g/mol. The van der Waals surface area contributed by atoms with Crippen LogP contribution in [0.5, 0.6) is 0 Å². The van der Waals surface area contributed by atoms with E-state index in [0.29, 0.717) is 16.9 Å². The highest BCUT2D eigenvalue weighted by atomic mass is 14.6. The maximum Gasteiger partial charge on any atom is 0.0998 e. The molecule has 0 aromatic carbocycles. The molecule has 3 aliphatic rings. The molecule has 3 rings (SSSR count). The molecule has 0 aromatic heterocycles. The Hall–Kier alpha value is -2.73. The zero-order valence-corrected chi connectivity index (χ0v) is 9.64. The molecule has 4 N–H and O–H groups in total. The summed E-state index contributed by atoms with van der Waals surface area (Å²) in [6.45, 7) is 0. The van der Waals surface area contributed by atoms with Gasteiger partial charge in [-0.2, -0.15) is 5.26 Å². The van der Waals surface area contributed by atoms with E-state index >= 15 is 0 Å². The molecule has 0 spiro atoms. The lowest BCUT2D eigenvalue weighted by molar-refractivity contribution is 1.48. The summed E-state index contributed by atoms with van der Waals surface area (Å²) in [5.74, 6) is 0. The highest BCUT2D eigenvalue weighted by molar-refractivity contribution is 6.12. The van der Waals surface area contributed by atoms with Gasteiger partial charge in [0.15, 0.2) is 0 Å². The fourth-order valence-electron chi connectivity index (χ4n) is 2.39. The van der Waals surface area contributed by atoms with E-state index in [0.717, 1.165) is 22.3 Å². The topological polar surface area (TPSA) is 75.8 Å². The number of fused-ring (bicyclic) bond motifs is 4. The van der Waals surface area contributed by atoms with Gasteiger partial charge in [0.25, 0.3) is 0 Å². The molecule has 86 valence electrons. The second-order valence-electron chi connectivity index (χ2n) is 4.22. The maximum absolute atomic E-state index is 9.21. The van der Waals surface area contributed by atoms with Crippen molar-refractivity contribution in [2.45, 2.75) is 0 Å². The van der Waals surface area contributed by atoms with Gasteiger partial charge in [0, 0.05) is 28.1 Å². The summed E-state index contributed by atoms with van der Waals surface area (Å²) < 4.78 is 0. The molecule has 0 atom stereocenters. The molecule has 3 aliphatic carbocycles. The number of nitrogen functional groups attached to an aromatic ring is 2. The first-order chi connectivity index (χ1) is 8.74. The van der Waals surface area contributed by atoms with Crippen LogP contribution in [-0.2, 0) is 0 Å². The fraction of sp³-hybridized carbons (Fsp3) is 0. The van der Waals surface area contributed by atoms with Crippen LogP contribution in [0.25, 0.3) is 22.3 Å². The summed E-state index contributed by atoms with van der Waals surface area (Å²) in [4.78, 5) is 0. The molecule has 0 saturated heterocycles. The highest BCUT2D eigenvalue weighted by Gasteiger charge is 2.27. The summed E-state index contributed by atoms with van der Waals surface area (Å²) in [6.07, 6.45) is 0. The van der Waals surface area contributed by atoms with Crippen LogP contribution in [0, 0.1) is 11.3 Å². The van der Waals surface area contributed by atoms with Crippen LogP contribution in [-0.4, -0.2) is 0 Å². The minimum absolute atomic E-state index is 0.625. The molecule has 0 aromatic rings. The van der Waals surface area contributed by atoms with Crippen molar-refractivity contribution in [2.75, 3.05) is 11.5 Å². The molecule has 0 amide bonds. The van der Waals surface area contributed by atoms with E-state index in [1.807, 2.05) is 36.4 Å². The van der Waals surface area contributed by atoms with E-state index in [1.165, 1.54) is 0 Å². The zero-order valence-electron chi connectivity index (χ0n) is 9.64. The Bertz CT molecular complexity index is 725. The Morgan fingerprint density at radius 2 is 1.44 bits per heavy atom. The first-order valence-electron chi connectivity index (χ1n) is 5.62. The molecular weight excluding hydrogens is 222 g/mol. The number of nitrogens with zero attached hydrogens (tertiary/aromatic N) is 1. The summed E-state index contributed by atoms with van der Waals surface area (Å²) in [5, 5.41) is 9.21. The normalized spacial score (nSPS) is 10.6. The van der Waals surface area contributed by atoms with E-state index in [2.05, 4.69) is 6.07 Å². The third-order valence-electron chi connectivity index (χ3n) is 3.19. The Morgan fingerprint density at radius 1 is 0.778 bits per heavy atom. The summed E-state index contributed by atoms with van der Waals surface area (Å²) in [6, 6.07) is 15.2. The molecule has 0 fully saturated rings. The number of rotatable bonds is 0. The standard InChI is InChI=1S/C15H11N3/c16-8-9-4-1-2-5-10-13(9)15-12(18)7-3-6-11(17)14(10)15/h1-7H,17-18H2. The van der Waals surface area contributed by atoms with Crippen LogP contribution in [0.4, 0.5) is 11.4 Å². The van der Waals surface area contributed by atoms with E-state index in [4.69, 9.17) is 11.5 Å². The number of anilines is 2. The van der Waals surface area contributed by atoms with Gasteiger partial charge in [-0.15, -0.1) is 0 Å². The Kier molecular flexibility index (Phi) is 2.11. The Balaban J connectivity index is 2.52. The second-order valence-corrected chi connectivity index (χ2v) is 4.22. The van der Waals surface area contributed by atoms with Crippen molar-refractivity contribution in [3.63, 3.8) is 0 Å². The van der Waals surface area contributed by atoms with Crippen molar-refractivity contribution in [1.29, 1.82) is 5.26 Å². The predicted molar refractivity (Wildman–Crippen MR) is 73.2 cm³/mol. The van der Waals surface area contributed by atoms with Gasteiger partial charge < -0.3 is 11.5 Å². The lowest BCUT2D eigenvalue weighted by Gasteiger charge is -2.24. The van der Waals surface area contributed by atoms with Gasteiger partial charge in [-0.25, -0.2) is 0 Å². The van der Waals surface area contributed by atoms with Crippen molar-refractivity contribution in [1.82, 2.24) is 0 Å². The Morgan fingerprint density at radius 3 is 2.17 bits per heavy atom. The van der Waals surface area contributed by atoms with Crippen LogP contribution in [0.2, 0.25) is 0 Å². The minimum Gasteiger partial charge on any atom is -0.398 e. The van der Waals surface area contributed by atoms with Gasteiger partial charge >= 0.3 is 0 Å². The lowest BCUT2D eigenvalue weighted by Crippen LogP contribution is -2.04. The van der Waals surface area contributed by atoms with Crippen molar-refractivity contribution in [2.24, 2.45) is 0 Å². The molecule has 18 heavy (non-hydrogen) atoms. The van der Waals surface area contributed by atoms with E-state index in [1.54, 1.807) is 6.07 Å². The third-order valence-corrected chi connectivity index (χ3v) is 3.19.